The zero-order chi connectivity index (χ0) is 27.8. The number of carbonyl (C=O) groups is 8. The van der Waals surface area contributed by atoms with Gasteiger partial charge in [-0.3, -0.25) is 38.4 Å². The Morgan fingerprint density at radius 1 is 0.395 bits per heavy atom. The number of amides is 8. The third-order valence-corrected chi connectivity index (χ3v) is 6.44. The van der Waals surface area contributed by atoms with E-state index in [0.29, 0.717) is 19.6 Å². The Kier molecular flexibility index (Phi) is 5.23. The van der Waals surface area contributed by atoms with E-state index in [-0.39, 0.29) is 33.7 Å². The van der Waals surface area contributed by atoms with Crippen LogP contribution in [0.15, 0.2) is 58.7 Å². The number of anilines is 4. The highest BCUT2D eigenvalue weighted by Gasteiger charge is 2.45. The molecule has 0 unspecified atom stereocenters. The fourth-order valence-electron chi connectivity index (χ4n) is 4.59. The Balaban J connectivity index is 1.88. The van der Waals surface area contributed by atoms with Gasteiger partial charge in [0.2, 0.25) is 0 Å². The first-order valence-electron chi connectivity index (χ1n) is 11.3. The summed E-state index contributed by atoms with van der Waals surface area (Å²) in [5, 5.41) is 0. The van der Waals surface area contributed by atoms with Gasteiger partial charge >= 0.3 is 0 Å². The van der Waals surface area contributed by atoms with E-state index >= 15 is 0 Å². The average molecular weight is 514 g/mol. The van der Waals surface area contributed by atoms with Gasteiger partial charge in [0.05, 0.1) is 11.4 Å². The molecule has 0 aliphatic carbocycles. The normalized spacial score (nSPS) is 19.9. The summed E-state index contributed by atoms with van der Waals surface area (Å²) in [6.45, 7) is 5.51. The van der Waals surface area contributed by atoms with Gasteiger partial charge in [0.1, 0.15) is 11.4 Å². The largest absolute Gasteiger partial charge is 0.269 e. The second-order valence-corrected chi connectivity index (χ2v) is 9.03. The van der Waals surface area contributed by atoms with Gasteiger partial charge in [-0.2, -0.15) is 0 Å². The molecule has 12 nitrogen and oxygen atoms in total. The minimum atomic E-state index is -0.881. The van der Waals surface area contributed by atoms with Crippen molar-refractivity contribution in [2.24, 2.45) is 0 Å². The molecule has 0 fully saturated rings. The standard InChI is InChI=1S/C26H18N4O8/c1-11-7-17(31)27(23(11)35)15-5-6-16(28-18(32)8-12(2)24(28)36)22(30-20(34)10-14(4)26(30)38)21(15)29-19(33)9-13(3)25(29)37/h5-10H,1-4H3. The van der Waals surface area contributed by atoms with Crippen molar-refractivity contribution in [1.82, 2.24) is 0 Å². The van der Waals surface area contributed by atoms with E-state index in [1.54, 1.807) is 0 Å². The third kappa shape index (κ3) is 3.23. The third-order valence-electron chi connectivity index (χ3n) is 6.44. The van der Waals surface area contributed by atoms with E-state index in [4.69, 9.17) is 0 Å². The average Bonchev–Trinajstić information content (AvgIpc) is 3.44. The molecule has 0 spiro atoms. The number of carbonyl (C=O) groups excluding carboxylic acids is 8. The Bertz CT molecular complexity index is 1500. The van der Waals surface area contributed by atoms with E-state index in [0.717, 1.165) is 24.3 Å². The maximum atomic E-state index is 13.2. The maximum Gasteiger partial charge on any atom is 0.261 e. The van der Waals surface area contributed by atoms with Crippen LogP contribution in [0.25, 0.3) is 0 Å². The van der Waals surface area contributed by atoms with Crippen molar-refractivity contribution in [3.05, 3.63) is 58.7 Å². The first-order valence-corrected chi connectivity index (χ1v) is 11.3. The Hall–Kier alpha value is -5.26. The van der Waals surface area contributed by atoms with Crippen molar-refractivity contribution in [2.45, 2.75) is 27.7 Å². The summed E-state index contributed by atoms with van der Waals surface area (Å²) in [4.78, 5) is 107. The second-order valence-electron chi connectivity index (χ2n) is 9.03. The van der Waals surface area contributed by atoms with Crippen LogP contribution in [-0.4, -0.2) is 47.3 Å². The van der Waals surface area contributed by atoms with Crippen LogP contribution in [0.3, 0.4) is 0 Å². The number of nitrogens with zero attached hydrogens (tertiary/aromatic N) is 4. The zero-order valence-electron chi connectivity index (χ0n) is 20.5. The highest BCUT2D eigenvalue weighted by atomic mass is 16.2. The number of hydrogen-bond acceptors (Lipinski definition) is 8. The molecular weight excluding hydrogens is 496 g/mol. The molecular formula is C26H18N4O8. The predicted molar refractivity (Wildman–Crippen MR) is 131 cm³/mol. The van der Waals surface area contributed by atoms with Gasteiger partial charge in [0, 0.05) is 46.6 Å². The van der Waals surface area contributed by atoms with Crippen LogP contribution in [0.4, 0.5) is 22.7 Å². The van der Waals surface area contributed by atoms with Gasteiger partial charge in [-0.15, -0.1) is 0 Å². The van der Waals surface area contributed by atoms with Crippen LogP contribution in [0.1, 0.15) is 27.7 Å². The molecule has 0 saturated heterocycles. The summed E-state index contributed by atoms with van der Waals surface area (Å²) in [5.74, 6) is -6.59. The molecule has 0 saturated carbocycles. The lowest BCUT2D eigenvalue weighted by Crippen LogP contribution is -2.41. The fraction of sp³-hybridized carbons (Fsp3) is 0.154. The van der Waals surface area contributed by atoms with E-state index in [9.17, 15) is 38.4 Å². The number of benzene rings is 1. The summed E-state index contributed by atoms with van der Waals surface area (Å²) in [7, 11) is 0. The van der Waals surface area contributed by atoms with Gasteiger partial charge in [-0.25, -0.2) is 19.6 Å². The molecule has 4 aliphatic heterocycles. The minimum absolute atomic E-state index is 0.00454. The molecule has 190 valence electrons. The second kappa shape index (κ2) is 8.13. The molecule has 0 radical (unpaired) electrons. The predicted octanol–water partition coefficient (Wildman–Crippen LogP) is 0.965. The monoisotopic (exact) mass is 514 g/mol. The molecule has 0 bridgehead atoms. The van der Waals surface area contributed by atoms with Crippen molar-refractivity contribution in [3.8, 4) is 0 Å². The Morgan fingerprint density at radius 3 is 0.842 bits per heavy atom. The summed E-state index contributed by atoms with van der Waals surface area (Å²) in [5.41, 5.74) is -1.42. The van der Waals surface area contributed by atoms with E-state index in [1.807, 2.05) is 0 Å². The number of rotatable bonds is 4. The molecule has 5 rings (SSSR count). The highest BCUT2D eigenvalue weighted by molar-refractivity contribution is 6.41. The van der Waals surface area contributed by atoms with Crippen LogP contribution in [0.2, 0.25) is 0 Å². The highest BCUT2D eigenvalue weighted by Crippen LogP contribution is 2.49. The van der Waals surface area contributed by atoms with Gasteiger partial charge in [-0.05, 0) is 39.8 Å². The van der Waals surface area contributed by atoms with Gasteiger partial charge in [0.15, 0.2) is 0 Å². The molecule has 4 aliphatic rings. The Labute approximate surface area is 214 Å². The smallest absolute Gasteiger partial charge is 0.261 e. The lowest BCUT2D eigenvalue weighted by Gasteiger charge is -2.32. The van der Waals surface area contributed by atoms with Crippen molar-refractivity contribution >= 4 is 70.0 Å². The summed E-state index contributed by atoms with van der Waals surface area (Å²) in [6.07, 6.45) is 4.12. The first-order chi connectivity index (χ1) is 17.8. The van der Waals surface area contributed by atoms with Crippen molar-refractivity contribution in [2.75, 3.05) is 19.6 Å². The maximum absolute atomic E-state index is 13.2. The van der Waals surface area contributed by atoms with Crippen LogP contribution < -0.4 is 19.6 Å². The number of imide groups is 4. The zero-order valence-corrected chi connectivity index (χ0v) is 20.5. The number of hydrogen-bond donors (Lipinski definition) is 0. The minimum Gasteiger partial charge on any atom is -0.269 e. The molecule has 1 aromatic carbocycles. The van der Waals surface area contributed by atoms with Gasteiger partial charge in [-0.1, -0.05) is 0 Å². The van der Waals surface area contributed by atoms with E-state index < -0.39 is 58.6 Å². The van der Waals surface area contributed by atoms with Crippen molar-refractivity contribution in [1.29, 1.82) is 0 Å². The summed E-state index contributed by atoms with van der Waals surface area (Å²) >= 11 is 0. The Morgan fingerprint density at radius 2 is 0.632 bits per heavy atom. The molecule has 1 aromatic rings. The van der Waals surface area contributed by atoms with Crippen LogP contribution in [-0.2, 0) is 38.4 Å². The molecule has 38 heavy (non-hydrogen) atoms. The van der Waals surface area contributed by atoms with Crippen LogP contribution >= 0.6 is 0 Å². The fourth-order valence-corrected chi connectivity index (χ4v) is 4.59. The van der Waals surface area contributed by atoms with Crippen molar-refractivity contribution in [3.63, 3.8) is 0 Å². The van der Waals surface area contributed by atoms with Gasteiger partial charge < -0.3 is 0 Å². The van der Waals surface area contributed by atoms with E-state index in [1.165, 1.54) is 39.8 Å². The van der Waals surface area contributed by atoms with Crippen LogP contribution in [0.5, 0.6) is 0 Å². The molecule has 0 atom stereocenters. The lowest BCUT2D eigenvalue weighted by atomic mass is 10.1. The molecule has 12 heteroatoms. The quantitative estimate of drug-likeness (QED) is 0.540. The summed E-state index contributed by atoms with van der Waals surface area (Å²) in [6, 6.07) is 2.34. The lowest BCUT2D eigenvalue weighted by molar-refractivity contribution is -0.122. The van der Waals surface area contributed by atoms with Crippen molar-refractivity contribution < 1.29 is 38.4 Å². The topological polar surface area (TPSA) is 150 Å². The van der Waals surface area contributed by atoms with Crippen LogP contribution in [0, 0.1) is 0 Å². The molecule has 8 amide bonds. The summed E-state index contributed by atoms with van der Waals surface area (Å²) < 4.78 is 0. The first kappa shape index (κ1) is 24.4. The van der Waals surface area contributed by atoms with Gasteiger partial charge in [0.25, 0.3) is 47.3 Å². The molecule has 0 aromatic heterocycles. The molecule has 0 N–H and O–H groups in total. The molecule has 4 heterocycles. The SMILES string of the molecule is CC1=CC(=O)N(c2ccc(N3C(=O)C=C(C)C3=O)c(N3C(=O)C=C(C)C3=O)c2N2C(=O)C=C(C)C2=O)C1=O. The van der Waals surface area contributed by atoms with E-state index in [2.05, 4.69) is 0 Å².